The third kappa shape index (κ3) is 4.41. The summed E-state index contributed by atoms with van der Waals surface area (Å²) in [5, 5.41) is 14.1. The second-order valence-corrected chi connectivity index (χ2v) is 11.7. The Morgan fingerprint density at radius 2 is 1.77 bits per heavy atom. The monoisotopic (exact) mass is 475 g/mol. The van der Waals surface area contributed by atoms with Gasteiger partial charge in [0.2, 0.25) is 5.91 Å². The van der Waals surface area contributed by atoms with Crippen molar-refractivity contribution < 1.29 is 14.7 Å². The van der Waals surface area contributed by atoms with Crippen LogP contribution in [0.1, 0.15) is 111 Å². The quantitative estimate of drug-likeness (QED) is 0.584. The average molecular weight is 476 g/mol. The zero-order chi connectivity index (χ0) is 24.0. The average Bonchev–Trinajstić information content (AvgIpc) is 3.47. The van der Waals surface area contributed by atoms with Gasteiger partial charge >= 0.3 is 5.97 Å². The zero-order valence-corrected chi connectivity index (χ0v) is 20.6. The van der Waals surface area contributed by atoms with Crippen LogP contribution in [0.2, 0.25) is 0 Å². The molecule has 1 aromatic heterocycles. The molecule has 1 spiro atoms. The van der Waals surface area contributed by atoms with E-state index >= 15 is 0 Å². The summed E-state index contributed by atoms with van der Waals surface area (Å²) in [5.41, 5.74) is 3.75. The van der Waals surface area contributed by atoms with Crippen molar-refractivity contribution in [1.29, 1.82) is 0 Å². The number of likely N-dealkylation sites (tertiary alicyclic amines) is 1. The molecule has 6 heteroatoms. The predicted octanol–water partition coefficient (Wildman–Crippen LogP) is 5.90. The number of carbonyl (C=O) groups excluding carboxylic acids is 1. The minimum Gasteiger partial charge on any atom is -0.478 e. The summed E-state index contributed by atoms with van der Waals surface area (Å²) in [6.07, 6.45) is 15.4. The molecule has 4 aliphatic rings. The molecule has 3 aliphatic carbocycles. The van der Waals surface area contributed by atoms with E-state index in [0.29, 0.717) is 22.8 Å². The lowest BCUT2D eigenvalue weighted by Gasteiger charge is -2.42. The number of nitrogens with zero attached hydrogens (tertiary/aromatic N) is 3. The molecule has 1 amide bonds. The molecule has 1 unspecified atom stereocenters. The number of carboxylic acid groups (broad SMARTS) is 1. The number of hydrogen-bond acceptors (Lipinski definition) is 3. The largest absolute Gasteiger partial charge is 0.478 e. The van der Waals surface area contributed by atoms with Crippen molar-refractivity contribution in [2.45, 2.75) is 88.9 Å². The van der Waals surface area contributed by atoms with Crippen molar-refractivity contribution in [3.8, 4) is 5.69 Å². The lowest BCUT2D eigenvalue weighted by Crippen LogP contribution is -2.47. The fourth-order valence-electron chi connectivity index (χ4n) is 7.29. The normalized spacial score (nSPS) is 26.2. The van der Waals surface area contributed by atoms with Gasteiger partial charge in [0.1, 0.15) is 5.56 Å². The Labute approximate surface area is 207 Å². The summed E-state index contributed by atoms with van der Waals surface area (Å²) >= 11 is 0. The van der Waals surface area contributed by atoms with Crippen LogP contribution in [-0.4, -0.2) is 44.8 Å². The lowest BCUT2D eigenvalue weighted by molar-refractivity contribution is -0.140. The number of aromatic nitrogens is 2. The number of carboxylic acids is 1. The minimum absolute atomic E-state index is 0.124. The molecule has 1 aromatic carbocycles. The third-order valence-corrected chi connectivity index (χ3v) is 9.25. The molecule has 1 aliphatic heterocycles. The van der Waals surface area contributed by atoms with Gasteiger partial charge in [-0.25, -0.2) is 9.48 Å². The summed E-state index contributed by atoms with van der Waals surface area (Å²) in [4.78, 5) is 27.6. The molecule has 1 saturated heterocycles. The maximum atomic E-state index is 13.6. The molecule has 0 bridgehead atoms. The Bertz CT molecular complexity index is 1110. The zero-order valence-electron chi connectivity index (χ0n) is 20.6. The van der Waals surface area contributed by atoms with Gasteiger partial charge < -0.3 is 10.0 Å². The SMILES string of the molecule is O=C(O)c1cnn(-c2cccc(C3CCC[C@@H](C(=O)N4CCCC5(CCCC5)C4)C3)c2)c1C1CC1. The van der Waals surface area contributed by atoms with Gasteiger partial charge in [-0.05, 0) is 86.8 Å². The van der Waals surface area contributed by atoms with Crippen LogP contribution in [0.5, 0.6) is 0 Å². The molecule has 2 heterocycles. The maximum absolute atomic E-state index is 13.6. The molecule has 2 atom stereocenters. The van der Waals surface area contributed by atoms with E-state index in [2.05, 4.69) is 28.2 Å². The molecule has 6 rings (SSSR count). The number of amides is 1. The Balaban J connectivity index is 1.19. The van der Waals surface area contributed by atoms with Gasteiger partial charge in [-0.3, -0.25) is 4.79 Å². The van der Waals surface area contributed by atoms with E-state index in [0.717, 1.165) is 69.4 Å². The first kappa shape index (κ1) is 22.8. The van der Waals surface area contributed by atoms with E-state index < -0.39 is 5.97 Å². The number of hydrogen-bond donors (Lipinski definition) is 1. The minimum atomic E-state index is -0.903. The molecule has 0 radical (unpaired) electrons. The van der Waals surface area contributed by atoms with E-state index in [-0.39, 0.29) is 11.8 Å². The number of carbonyl (C=O) groups is 2. The summed E-state index contributed by atoms with van der Waals surface area (Å²) in [7, 11) is 0. The molecule has 186 valence electrons. The first-order chi connectivity index (χ1) is 17.0. The summed E-state index contributed by atoms with van der Waals surface area (Å²) in [6.45, 7) is 1.92. The van der Waals surface area contributed by atoms with Gasteiger partial charge in [0.25, 0.3) is 0 Å². The van der Waals surface area contributed by atoms with Crippen molar-refractivity contribution in [3.63, 3.8) is 0 Å². The first-order valence-corrected chi connectivity index (χ1v) is 13.7. The Morgan fingerprint density at radius 3 is 2.54 bits per heavy atom. The van der Waals surface area contributed by atoms with Crippen molar-refractivity contribution in [1.82, 2.24) is 14.7 Å². The maximum Gasteiger partial charge on any atom is 0.339 e. The smallest absolute Gasteiger partial charge is 0.339 e. The van der Waals surface area contributed by atoms with Crippen LogP contribution in [0.4, 0.5) is 0 Å². The van der Waals surface area contributed by atoms with Crippen LogP contribution in [-0.2, 0) is 4.79 Å². The highest BCUT2D eigenvalue weighted by Gasteiger charge is 2.41. The summed E-state index contributed by atoms with van der Waals surface area (Å²) < 4.78 is 1.84. The number of rotatable bonds is 5. The highest BCUT2D eigenvalue weighted by Crippen LogP contribution is 2.46. The molecule has 4 fully saturated rings. The van der Waals surface area contributed by atoms with Crippen LogP contribution in [0.25, 0.3) is 5.69 Å². The van der Waals surface area contributed by atoms with Crippen molar-refractivity contribution in [2.24, 2.45) is 11.3 Å². The number of benzene rings is 1. The van der Waals surface area contributed by atoms with Crippen LogP contribution in [0.15, 0.2) is 30.5 Å². The van der Waals surface area contributed by atoms with Crippen molar-refractivity contribution in [2.75, 3.05) is 13.1 Å². The second kappa shape index (κ2) is 9.11. The Morgan fingerprint density at radius 1 is 0.971 bits per heavy atom. The van der Waals surface area contributed by atoms with E-state index in [1.807, 2.05) is 10.7 Å². The lowest BCUT2D eigenvalue weighted by atomic mass is 9.75. The van der Waals surface area contributed by atoms with Crippen molar-refractivity contribution in [3.05, 3.63) is 47.3 Å². The molecule has 2 aromatic rings. The van der Waals surface area contributed by atoms with Gasteiger partial charge in [-0.15, -0.1) is 0 Å². The molecule has 1 N–H and O–H groups in total. The summed E-state index contributed by atoms with van der Waals surface area (Å²) in [5.74, 6) is 0.267. The Kier molecular flexibility index (Phi) is 5.93. The van der Waals surface area contributed by atoms with Crippen LogP contribution in [0.3, 0.4) is 0 Å². The standard InChI is InChI=1S/C29H37N3O3/c33-27(31-15-5-14-29(19-31)12-1-2-13-29)23-8-3-6-21(16-23)22-7-4-9-24(17-22)32-26(20-10-11-20)25(18-30-32)28(34)35/h4,7,9,17-18,20-21,23H,1-3,5-6,8,10-16,19H2,(H,34,35)/t21?,23-/m1/s1. The van der Waals surface area contributed by atoms with Crippen LogP contribution in [0, 0.1) is 11.3 Å². The molecule has 3 saturated carbocycles. The van der Waals surface area contributed by atoms with Gasteiger partial charge in [0.05, 0.1) is 17.6 Å². The second-order valence-electron chi connectivity index (χ2n) is 11.7. The molecule has 35 heavy (non-hydrogen) atoms. The van der Waals surface area contributed by atoms with E-state index in [4.69, 9.17) is 0 Å². The van der Waals surface area contributed by atoms with Gasteiger partial charge in [0.15, 0.2) is 0 Å². The fourth-order valence-corrected chi connectivity index (χ4v) is 7.29. The molecule has 6 nitrogen and oxygen atoms in total. The highest BCUT2D eigenvalue weighted by molar-refractivity contribution is 5.89. The molecular weight excluding hydrogens is 438 g/mol. The number of piperidine rings is 1. The fraction of sp³-hybridized carbons (Fsp3) is 0.621. The van der Waals surface area contributed by atoms with E-state index in [1.54, 1.807) is 0 Å². The summed E-state index contributed by atoms with van der Waals surface area (Å²) in [6, 6.07) is 8.43. The predicted molar refractivity (Wildman–Crippen MR) is 134 cm³/mol. The van der Waals surface area contributed by atoms with Crippen LogP contribution >= 0.6 is 0 Å². The third-order valence-electron chi connectivity index (χ3n) is 9.25. The molecular formula is C29H37N3O3. The number of aromatic carboxylic acids is 1. The Hall–Kier alpha value is -2.63. The van der Waals surface area contributed by atoms with Gasteiger partial charge in [-0.1, -0.05) is 31.4 Å². The van der Waals surface area contributed by atoms with Gasteiger partial charge in [0, 0.05) is 24.9 Å². The first-order valence-electron chi connectivity index (χ1n) is 13.7. The van der Waals surface area contributed by atoms with E-state index in [9.17, 15) is 14.7 Å². The topological polar surface area (TPSA) is 75.4 Å². The van der Waals surface area contributed by atoms with E-state index in [1.165, 1.54) is 43.9 Å². The van der Waals surface area contributed by atoms with Crippen LogP contribution < -0.4 is 0 Å². The van der Waals surface area contributed by atoms with Crippen molar-refractivity contribution >= 4 is 11.9 Å². The highest BCUT2D eigenvalue weighted by atomic mass is 16.4. The van der Waals surface area contributed by atoms with Gasteiger partial charge in [-0.2, -0.15) is 5.10 Å².